The molecule has 106 valence electrons. The lowest BCUT2D eigenvalue weighted by Crippen LogP contribution is -2.23. The predicted molar refractivity (Wildman–Crippen MR) is 82.6 cm³/mol. The van der Waals surface area contributed by atoms with Gasteiger partial charge in [-0.25, -0.2) is 0 Å². The van der Waals surface area contributed by atoms with Crippen molar-refractivity contribution in [3.8, 4) is 5.75 Å². The third kappa shape index (κ3) is 3.79. The molecule has 0 aliphatic heterocycles. The summed E-state index contributed by atoms with van der Waals surface area (Å²) in [7, 11) is 0. The van der Waals surface area contributed by atoms with Gasteiger partial charge in [-0.05, 0) is 23.8 Å². The fraction of sp³-hybridized carbons (Fsp3) is 0.200. The first-order valence-electron chi connectivity index (χ1n) is 5.93. The molecule has 20 heavy (non-hydrogen) atoms. The number of ether oxygens (including phenoxy) is 1. The van der Waals surface area contributed by atoms with Crippen LogP contribution in [0.2, 0.25) is 0 Å². The Kier molecular flexibility index (Phi) is 5.16. The molecule has 0 aromatic heterocycles. The molecule has 0 unspecified atom stereocenters. The van der Waals surface area contributed by atoms with Gasteiger partial charge in [0.05, 0.1) is 0 Å². The molecule has 0 spiro atoms. The number of benzene rings is 2. The molecule has 0 heterocycles. The number of rotatable bonds is 5. The van der Waals surface area contributed by atoms with Crippen molar-refractivity contribution in [3.05, 3.63) is 64.1 Å². The van der Waals surface area contributed by atoms with Crippen LogP contribution in [0.5, 0.6) is 5.75 Å². The summed E-state index contributed by atoms with van der Waals surface area (Å²) in [5, 5.41) is 0.625. The molecule has 0 fully saturated rings. The summed E-state index contributed by atoms with van der Waals surface area (Å²) in [6, 6.07) is 12.9. The molecule has 0 atom stereocenters. The highest BCUT2D eigenvalue weighted by Gasteiger charge is 2.32. The highest BCUT2D eigenvalue weighted by atomic mass is 79.9. The van der Waals surface area contributed by atoms with Crippen LogP contribution in [0.15, 0.2) is 53.0 Å². The molecule has 0 bridgehead atoms. The monoisotopic (exact) mass is 404 g/mol. The molecular formula is C15H12Br2F2O. The van der Waals surface area contributed by atoms with Crippen LogP contribution in [0.4, 0.5) is 8.78 Å². The fourth-order valence-corrected chi connectivity index (χ4v) is 2.91. The summed E-state index contributed by atoms with van der Waals surface area (Å²) in [6.45, 7) is -0.680. The molecule has 2 rings (SSSR count). The molecule has 5 heteroatoms. The predicted octanol–water partition coefficient (Wildman–Crippen LogP) is 5.51. The molecule has 0 aliphatic carbocycles. The Morgan fingerprint density at radius 2 is 1.75 bits per heavy atom. The molecule has 0 saturated heterocycles. The van der Waals surface area contributed by atoms with E-state index in [9.17, 15) is 8.78 Å². The molecule has 0 amide bonds. The Balaban J connectivity index is 2.08. The number of alkyl halides is 3. The summed E-state index contributed by atoms with van der Waals surface area (Å²) in [5.41, 5.74) is 0.906. The Morgan fingerprint density at radius 3 is 2.40 bits per heavy atom. The SMILES string of the molecule is FC(F)(COc1ccc(Br)c(CBr)c1)c1ccccc1. The average Bonchev–Trinajstić information content (AvgIpc) is 2.47. The van der Waals surface area contributed by atoms with Crippen molar-refractivity contribution in [2.45, 2.75) is 11.3 Å². The number of hydrogen-bond acceptors (Lipinski definition) is 1. The molecule has 0 saturated carbocycles. The molecular weight excluding hydrogens is 394 g/mol. The second kappa shape index (κ2) is 6.68. The van der Waals surface area contributed by atoms with Gasteiger partial charge in [0.1, 0.15) is 5.75 Å². The van der Waals surface area contributed by atoms with Crippen molar-refractivity contribution < 1.29 is 13.5 Å². The second-order valence-electron chi connectivity index (χ2n) is 4.25. The zero-order valence-corrected chi connectivity index (χ0v) is 13.6. The van der Waals surface area contributed by atoms with E-state index in [1.54, 1.807) is 36.4 Å². The zero-order chi connectivity index (χ0) is 14.6. The van der Waals surface area contributed by atoms with E-state index in [-0.39, 0.29) is 5.56 Å². The smallest absolute Gasteiger partial charge is 0.306 e. The average molecular weight is 406 g/mol. The Morgan fingerprint density at radius 1 is 1.05 bits per heavy atom. The minimum atomic E-state index is -3.01. The van der Waals surface area contributed by atoms with Crippen LogP contribution < -0.4 is 4.74 Å². The zero-order valence-electron chi connectivity index (χ0n) is 10.5. The van der Waals surface area contributed by atoms with Gasteiger partial charge in [-0.1, -0.05) is 62.2 Å². The Hall–Kier alpha value is -0.940. The number of halogens is 4. The van der Waals surface area contributed by atoms with Crippen LogP contribution in [0.25, 0.3) is 0 Å². The van der Waals surface area contributed by atoms with E-state index < -0.39 is 12.5 Å². The van der Waals surface area contributed by atoms with Gasteiger partial charge in [0, 0.05) is 15.4 Å². The van der Waals surface area contributed by atoms with Crippen LogP contribution in [-0.2, 0) is 11.3 Å². The number of hydrogen-bond donors (Lipinski definition) is 0. The molecule has 2 aromatic rings. The van der Waals surface area contributed by atoms with Gasteiger partial charge in [-0.15, -0.1) is 0 Å². The van der Waals surface area contributed by atoms with Crippen molar-refractivity contribution in [3.63, 3.8) is 0 Å². The second-order valence-corrected chi connectivity index (χ2v) is 5.66. The maximum absolute atomic E-state index is 14.0. The van der Waals surface area contributed by atoms with Crippen molar-refractivity contribution in [1.29, 1.82) is 0 Å². The van der Waals surface area contributed by atoms with Gasteiger partial charge in [0.2, 0.25) is 0 Å². The lowest BCUT2D eigenvalue weighted by molar-refractivity contribution is -0.0467. The first-order valence-corrected chi connectivity index (χ1v) is 7.85. The van der Waals surface area contributed by atoms with Crippen molar-refractivity contribution in [1.82, 2.24) is 0 Å². The van der Waals surface area contributed by atoms with E-state index in [1.165, 1.54) is 12.1 Å². The summed E-state index contributed by atoms with van der Waals surface area (Å²) < 4.78 is 34.1. The van der Waals surface area contributed by atoms with Crippen molar-refractivity contribution >= 4 is 31.9 Å². The van der Waals surface area contributed by atoms with E-state index in [0.717, 1.165) is 10.0 Å². The molecule has 1 nitrogen and oxygen atoms in total. The Labute approximate surface area is 133 Å². The molecule has 2 aromatic carbocycles. The highest BCUT2D eigenvalue weighted by molar-refractivity contribution is 9.10. The van der Waals surface area contributed by atoms with E-state index in [4.69, 9.17) is 4.74 Å². The maximum Gasteiger partial charge on any atom is 0.306 e. The van der Waals surface area contributed by atoms with Crippen LogP contribution in [0.3, 0.4) is 0 Å². The lowest BCUT2D eigenvalue weighted by atomic mass is 10.1. The van der Waals surface area contributed by atoms with Crippen molar-refractivity contribution in [2.75, 3.05) is 6.61 Å². The van der Waals surface area contributed by atoms with Gasteiger partial charge < -0.3 is 4.74 Å². The summed E-state index contributed by atoms with van der Waals surface area (Å²) in [5.74, 6) is -2.58. The summed E-state index contributed by atoms with van der Waals surface area (Å²) in [6.07, 6.45) is 0. The van der Waals surface area contributed by atoms with E-state index in [0.29, 0.717) is 11.1 Å². The molecule has 0 aliphatic rings. The van der Waals surface area contributed by atoms with Crippen LogP contribution in [0.1, 0.15) is 11.1 Å². The minimum absolute atomic E-state index is 0.0437. The summed E-state index contributed by atoms with van der Waals surface area (Å²) >= 11 is 6.72. The Bertz CT molecular complexity index is 573. The topological polar surface area (TPSA) is 9.23 Å². The quantitative estimate of drug-likeness (QED) is 0.595. The largest absolute Gasteiger partial charge is 0.487 e. The van der Waals surface area contributed by atoms with E-state index >= 15 is 0 Å². The van der Waals surface area contributed by atoms with Crippen LogP contribution >= 0.6 is 31.9 Å². The van der Waals surface area contributed by atoms with Crippen LogP contribution in [-0.4, -0.2) is 6.61 Å². The fourth-order valence-electron chi connectivity index (χ4n) is 1.68. The van der Waals surface area contributed by atoms with Gasteiger partial charge >= 0.3 is 5.92 Å². The molecule has 0 N–H and O–H groups in total. The van der Waals surface area contributed by atoms with E-state index in [2.05, 4.69) is 31.9 Å². The van der Waals surface area contributed by atoms with Gasteiger partial charge in [0.25, 0.3) is 0 Å². The third-order valence-corrected chi connectivity index (χ3v) is 4.16. The first-order chi connectivity index (χ1) is 9.53. The molecule has 0 radical (unpaired) electrons. The minimum Gasteiger partial charge on any atom is -0.487 e. The van der Waals surface area contributed by atoms with Gasteiger partial charge in [-0.3, -0.25) is 0 Å². The van der Waals surface area contributed by atoms with Crippen LogP contribution in [0, 0.1) is 0 Å². The maximum atomic E-state index is 14.0. The highest BCUT2D eigenvalue weighted by Crippen LogP contribution is 2.30. The van der Waals surface area contributed by atoms with Gasteiger partial charge in [-0.2, -0.15) is 8.78 Å². The standard InChI is InChI=1S/C15H12Br2F2O/c16-9-11-8-13(6-7-14(11)17)20-10-15(18,19)12-4-2-1-3-5-12/h1-8H,9-10H2. The summed E-state index contributed by atoms with van der Waals surface area (Å²) in [4.78, 5) is 0. The normalized spacial score (nSPS) is 11.4. The third-order valence-electron chi connectivity index (χ3n) is 2.78. The lowest BCUT2D eigenvalue weighted by Gasteiger charge is -2.18. The van der Waals surface area contributed by atoms with E-state index in [1.807, 2.05) is 0 Å². The first kappa shape index (κ1) is 15.4. The van der Waals surface area contributed by atoms with Gasteiger partial charge in [0.15, 0.2) is 6.61 Å². The van der Waals surface area contributed by atoms with Crippen molar-refractivity contribution in [2.24, 2.45) is 0 Å².